The quantitative estimate of drug-likeness (QED) is 0.820. The molecule has 0 bridgehead atoms. The number of hydrogen-bond acceptors (Lipinski definition) is 2. The second-order valence-corrected chi connectivity index (χ2v) is 6.19. The van der Waals surface area contributed by atoms with E-state index in [-0.39, 0.29) is 5.91 Å². The molecule has 0 unspecified atom stereocenters. The number of rotatable bonds is 2. The van der Waals surface area contributed by atoms with Gasteiger partial charge < -0.3 is 9.80 Å². The first-order valence-corrected chi connectivity index (χ1v) is 8.13. The highest BCUT2D eigenvalue weighted by atomic mass is 19.4. The Morgan fingerprint density at radius 1 is 0.960 bits per heavy atom. The van der Waals surface area contributed by atoms with Crippen molar-refractivity contribution < 1.29 is 18.0 Å². The molecule has 1 aliphatic rings. The fourth-order valence-electron chi connectivity index (χ4n) is 2.99. The fourth-order valence-corrected chi connectivity index (χ4v) is 2.99. The van der Waals surface area contributed by atoms with Crippen molar-refractivity contribution in [1.29, 1.82) is 0 Å². The molecule has 2 aromatic carbocycles. The number of halogens is 3. The standard InChI is InChI=1S/C19H19F3N2O/c1-14-3-2-4-15(13-14)18(25)24-11-9-23(10-12-24)17-7-5-16(6-8-17)19(20,21)22/h2-8,13H,9-12H2,1H3. The zero-order valence-corrected chi connectivity index (χ0v) is 13.9. The second-order valence-electron chi connectivity index (χ2n) is 6.19. The third-order valence-corrected chi connectivity index (χ3v) is 4.39. The average Bonchev–Trinajstić information content (AvgIpc) is 2.61. The monoisotopic (exact) mass is 348 g/mol. The van der Waals surface area contributed by atoms with Crippen LogP contribution in [-0.2, 0) is 6.18 Å². The lowest BCUT2D eigenvalue weighted by atomic mass is 10.1. The lowest BCUT2D eigenvalue weighted by Crippen LogP contribution is -2.48. The molecule has 3 nitrogen and oxygen atoms in total. The molecule has 1 heterocycles. The van der Waals surface area contributed by atoms with Crippen molar-refractivity contribution in [2.24, 2.45) is 0 Å². The number of anilines is 1. The molecule has 0 aromatic heterocycles. The summed E-state index contributed by atoms with van der Waals surface area (Å²) < 4.78 is 37.9. The van der Waals surface area contributed by atoms with Gasteiger partial charge in [0.1, 0.15) is 0 Å². The summed E-state index contributed by atoms with van der Waals surface area (Å²) >= 11 is 0. The Hall–Kier alpha value is -2.50. The van der Waals surface area contributed by atoms with Crippen LogP contribution in [0.15, 0.2) is 48.5 Å². The molecule has 1 amide bonds. The smallest absolute Gasteiger partial charge is 0.368 e. The van der Waals surface area contributed by atoms with Crippen LogP contribution in [0.1, 0.15) is 21.5 Å². The van der Waals surface area contributed by atoms with Crippen LogP contribution in [0.3, 0.4) is 0 Å². The number of aryl methyl sites for hydroxylation is 1. The number of benzene rings is 2. The van der Waals surface area contributed by atoms with Gasteiger partial charge in [-0.25, -0.2) is 0 Å². The molecule has 1 saturated heterocycles. The minimum absolute atomic E-state index is 0.00392. The average molecular weight is 348 g/mol. The maximum atomic E-state index is 12.6. The summed E-state index contributed by atoms with van der Waals surface area (Å²) in [5, 5.41) is 0. The van der Waals surface area contributed by atoms with Gasteiger partial charge in [-0.3, -0.25) is 4.79 Å². The van der Waals surface area contributed by atoms with Gasteiger partial charge in [-0.05, 0) is 43.3 Å². The summed E-state index contributed by atoms with van der Waals surface area (Å²) in [5.41, 5.74) is 1.80. The predicted molar refractivity (Wildman–Crippen MR) is 90.7 cm³/mol. The van der Waals surface area contributed by atoms with Crippen LogP contribution in [0.5, 0.6) is 0 Å². The topological polar surface area (TPSA) is 23.6 Å². The molecule has 0 atom stereocenters. The molecule has 0 saturated carbocycles. The molecule has 25 heavy (non-hydrogen) atoms. The Morgan fingerprint density at radius 2 is 1.60 bits per heavy atom. The number of carbonyl (C=O) groups is 1. The van der Waals surface area contributed by atoms with E-state index in [4.69, 9.17) is 0 Å². The summed E-state index contributed by atoms with van der Waals surface area (Å²) in [7, 11) is 0. The highest BCUT2D eigenvalue weighted by molar-refractivity contribution is 5.94. The van der Waals surface area contributed by atoms with Gasteiger partial charge in [0.2, 0.25) is 0 Å². The van der Waals surface area contributed by atoms with E-state index >= 15 is 0 Å². The lowest BCUT2D eigenvalue weighted by Gasteiger charge is -2.36. The van der Waals surface area contributed by atoms with Gasteiger partial charge in [0.05, 0.1) is 5.56 Å². The van der Waals surface area contributed by atoms with Crippen LogP contribution in [-0.4, -0.2) is 37.0 Å². The Morgan fingerprint density at radius 3 is 2.16 bits per heavy atom. The molecule has 2 aromatic rings. The third-order valence-electron chi connectivity index (χ3n) is 4.39. The molecule has 0 aliphatic carbocycles. The summed E-state index contributed by atoms with van der Waals surface area (Å²) in [4.78, 5) is 16.3. The molecule has 1 fully saturated rings. The zero-order valence-electron chi connectivity index (χ0n) is 13.9. The van der Waals surface area contributed by atoms with Gasteiger partial charge >= 0.3 is 6.18 Å². The van der Waals surface area contributed by atoms with E-state index in [0.29, 0.717) is 31.7 Å². The highest BCUT2D eigenvalue weighted by Crippen LogP contribution is 2.30. The van der Waals surface area contributed by atoms with Gasteiger partial charge in [0.25, 0.3) is 5.91 Å². The van der Waals surface area contributed by atoms with Gasteiger partial charge in [0, 0.05) is 37.4 Å². The first-order chi connectivity index (χ1) is 11.8. The first-order valence-electron chi connectivity index (χ1n) is 8.13. The van der Waals surface area contributed by atoms with Gasteiger partial charge in [0.15, 0.2) is 0 Å². The normalized spacial score (nSPS) is 15.4. The maximum Gasteiger partial charge on any atom is 0.416 e. The van der Waals surface area contributed by atoms with E-state index in [0.717, 1.165) is 23.4 Å². The van der Waals surface area contributed by atoms with Crippen LogP contribution in [0, 0.1) is 6.92 Å². The number of carbonyl (C=O) groups excluding carboxylic acids is 1. The van der Waals surface area contributed by atoms with Crippen molar-refractivity contribution in [1.82, 2.24) is 4.90 Å². The number of alkyl halides is 3. The zero-order chi connectivity index (χ0) is 18.0. The van der Waals surface area contributed by atoms with Crippen LogP contribution < -0.4 is 4.90 Å². The van der Waals surface area contributed by atoms with E-state index in [9.17, 15) is 18.0 Å². The fraction of sp³-hybridized carbons (Fsp3) is 0.316. The van der Waals surface area contributed by atoms with E-state index in [2.05, 4.69) is 0 Å². The summed E-state index contributed by atoms with van der Waals surface area (Å²) in [5.74, 6) is -0.00392. The van der Waals surface area contributed by atoms with Crippen LogP contribution >= 0.6 is 0 Å². The SMILES string of the molecule is Cc1cccc(C(=O)N2CCN(c3ccc(C(F)(F)F)cc3)CC2)c1. The summed E-state index contributed by atoms with van der Waals surface area (Å²) in [6.07, 6.45) is -4.32. The Bertz CT molecular complexity index is 748. The van der Waals surface area contributed by atoms with E-state index < -0.39 is 11.7 Å². The van der Waals surface area contributed by atoms with Crippen molar-refractivity contribution >= 4 is 11.6 Å². The molecule has 0 N–H and O–H groups in total. The van der Waals surface area contributed by atoms with E-state index in [1.54, 1.807) is 11.0 Å². The van der Waals surface area contributed by atoms with Crippen LogP contribution in [0.25, 0.3) is 0 Å². The van der Waals surface area contributed by atoms with Gasteiger partial charge in [-0.15, -0.1) is 0 Å². The van der Waals surface area contributed by atoms with Crippen molar-refractivity contribution in [3.8, 4) is 0 Å². The highest BCUT2D eigenvalue weighted by Gasteiger charge is 2.30. The second kappa shape index (κ2) is 6.78. The number of hydrogen-bond donors (Lipinski definition) is 0. The number of nitrogens with zero attached hydrogens (tertiary/aromatic N) is 2. The summed E-state index contributed by atoms with van der Waals surface area (Å²) in [6, 6.07) is 12.6. The molecule has 132 valence electrons. The molecule has 3 rings (SSSR count). The van der Waals surface area contributed by atoms with Gasteiger partial charge in [-0.1, -0.05) is 17.7 Å². The molecule has 0 spiro atoms. The number of piperazine rings is 1. The Balaban J connectivity index is 1.63. The Labute approximate surface area is 144 Å². The molecule has 1 aliphatic heterocycles. The van der Waals surface area contributed by atoms with Crippen molar-refractivity contribution in [2.75, 3.05) is 31.1 Å². The molecule has 6 heteroatoms. The van der Waals surface area contributed by atoms with E-state index in [1.807, 2.05) is 30.0 Å². The van der Waals surface area contributed by atoms with Crippen LogP contribution in [0.4, 0.5) is 18.9 Å². The largest absolute Gasteiger partial charge is 0.416 e. The Kier molecular flexibility index (Phi) is 4.70. The molecular weight excluding hydrogens is 329 g/mol. The lowest BCUT2D eigenvalue weighted by molar-refractivity contribution is -0.137. The predicted octanol–water partition coefficient (Wildman–Crippen LogP) is 3.98. The van der Waals surface area contributed by atoms with Crippen LogP contribution in [0.2, 0.25) is 0 Å². The first kappa shape index (κ1) is 17.3. The van der Waals surface area contributed by atoms with Crippen molar-refractivity contribution in [2.45, 2.75) is 13.1 Å². The van der Waals surface area contributed by atoms with E-state index in [1.165, 1.54) is 12.1 Å². The van der Waals surface area contributed by atoms with Crippen molar-refractivity contribution in [3.05, 3.63) is 65.2 Å². The summed E-state index contributed by atoms with van der Waals surface area (Å²) in [6.45, 7) is 4.24. The minimum Gasteiger partial charge on any atom is -0.368 e. The maximum absolute atomic E-state index is 12.6. The van der Waals surface area contributed by atoms with Gasteiger partial charge in [-0.2, -0.15) is 13.2 Å². The minimum atomic E-state index is -4.32. The molecular formula is C19H19F3N2O. The number of amides is 1. The molecule has 0 radical (unpaired) electrons. The third kappa shape index (κ3) is 3.95. The van der Waals surface area contributed by atoms with Crippen molar-refractivity contribution in [3.63, 3.8) is 0 Å².